The molecule has 0 bridgehead atoms. The first kappa shape index (κ1) is 16.5. The van der Waals surface area contributed by atoms with E-state index >= 15 is 0 Å². The Labute approximate surface area is 133 Å². The molecule has 0 aliphatic carbocycles. The maximum Gasteiger partial charge on any atom is 0.328 e. The Bertz CT molecular complexity index is 677. The number of ether oxygens (including phenoxy) is 1. The number of hydrogen-bond donors (Lipinski definition) is 2. The number of amides is 2. The molecule has 0 aliphatic heterocycles. The highest BCUT2D eigenvalue weighted by molar-refractivity contribution is 5.92. The van der Waals surface area contributed by atoms with Crippen LogP contribution in [0.1, 0.15) is 5.56 Å². The maximum absolute atomic E-state index is 13.5. The number of urea groups is 1. The Hall–Kier alpha value is -2.89. The summed E-state index contributed by atoms with van der Waals surface area (Å²) in [5.41, 5.74) is 0.905. The van der Waals surface area contributed by atoms with Crippen molar-refractivity contribution in [2.75, 3.05) is 12.4 Å². The van der Waals surface area contributed by atoms with Gasteiger partial charge in [-0.05, 0) is 17.7 Å². The summed E-state index contributed by atoms with van der Waals surface area (Å²) in [4.78, 5) is 23.8. The summed E-state index contributed by atoms with van der Waals surface area (Å²) in [6.45, 7) is 0. The van der Waals surface area contributed by atoms with Crippen molar-refractivity contribution in [3.05, 3.63) is 66.0 Å². The van der Waals surface area contributed by atoms with Crippen LogP contribution in [-0.2, 0) is 16.0 Å². The number of benzene rings is 2. The molecule has 1 atom stereocenters. The first-order valence-electron chi connectivity index (χ1n) is 7.04. The molecule has 6 heteroatoms. The third-order valence-corrected chi connectivity index (χ3v) is 3.20. The molecule has 0 spiro atoms. The summed E-state index contributed by atoms with van der Waals surface area (Å²) in [5.74, 6) is -1.13. The van der Waals surface area contributed by atoms with Crippen molar-refractivity contribution in [2.45, 2.75) is 12.5 Å². The van der Waals surface area contributed by atoms with E-state index in [0.29, 0.717) is 0 Å². The Balaban J connectivity index is 2.04. The van der Waals surface area contributed by atoms with Gasteiger partial charge in [0, 0.05) is 6.42 Å². The lowest BCUT2D eigenvalue weighted by Gasteiger charge is -2.17. The molecular weight excluding hydrogens is 299 g/mol. The van der Waals surface area contributed by atoms with E-state index in [1.165, 1.54) is 25.3 Å². The minimum absolute atomic E-state index is 0.0355. The third-order valence-electron chi connectivity index (χ3n) is 3.20. The average molecular weight is 316 g/mol. The van der Waals surface area contributed by atoms with Gasteiger partial charge in [0.15, 0.2) is 0 Å². The molecule has 0 heterocycles. The topological polar surface area (TPSA) is 67.4 Å². The number of hydrogen-bond acceptors (Lipinski definition) is 3. The van der Waals surface area contributed by atoms with E-state index in [1.807, 2.05) is 30.3 Å². The van der Waals surface area contributed by atoms with E-state index < -0.39 is 23.9 Å². The van der Waals surface area contributed by atoms with Crippen molar-refractivity contribution in [3.8, 4) is 0 Å². The van der Waals surface area contributed by atoms with Crippen LogP contribution in [0.25, 0.3) is 0 Å². The number of carbonyl (C=O) groups excluding carboxylic acids is 2. The molecule has 0 radical (unpaired) electrons. The average Bonchev–Trinajstić information content (AvgIpc) is 2.56. The third kappa shape index (κ3) is 4.81. The molecule has 2 aromatic carbocycles. The van der Waals surface area contributed by atoms with Gasteiger partial charge in [0.2, 0.25) is 0 Å². The summed E-state index contributed by atoms with van der Waals surface area (Å²) in [6, 6.07) is 13.4. The minimum Gasteiger partial charge on any atom is -0.467 e. The predicted molar refractivity (Wildman–Crippen MR) is 84.5 cm³/mol. The van der Waals surface area contributed by atoms with Crippen LogP contribution in [-0.4, -0.2) is 25.2 Å². The largest absolute Gasteiger partial charge is 0.467 e. The fraction of sp³-hybridized carbons (Fsp3) is 0.176. The van der Waals surface area contributed by atoms with E-state index in [1.54, 1.807) is 6.07 Å². The quantitative estimate of drug-likeness (QED) is 0.834. The van der Waals surface area contributed by atoms with Crippen molar-refractivity contribution in [1.29, 1.82) is 0 Å². The van der Waals surface area contributed by atoms with Crippen LogP contribution in [0, 0.1) is 5.82 Å². The zero-order chi connectivity index (χ0) is 16.7. The monoisotopic (exact) mass is 316 g/mol. The second-order valence-electron chi connectivity index (χ2n) is 4.84. The molecule has 2 amide bonds. The van der Waals surface area contributed by atoms with Crippen molar-refractivity contribution < 1.29 is 18.7 Å². The smallest absolute Gasteiger partial charge is 0.328 e. The maximum atomic E-state index is 13.5. The molecule has 120 valence electrons. The summed E-state index contributed by atoms with van der Waals surface area (Å²) < 4.78 is 18.2. The van der Waals surface area contributed by atoms with Gasteiger partial charge in [-0.2, -0.15) is 0 Å². The summed E-state index contributed by atoms with van der Waals surface area (Å²) in [6.07, 6.45) is 0.276. The van der Waals surface area contributed by atoms with Gasteiger partial charge in [0.05, 0.1) is 12.8 Å². The lowest BCUT2D eigenvalue weighted by atomic mass is 10.1. The van der Waals surface area contributed by atoms with Crippen molar-refractivity contribution in [1.82, 2.24) is 5.32 Å². The highest BCUT2D eigenvalue weighted by Gasteiger charge is 2.22. The fourth-order valence-electron chi connectivity index (χ4n) is 2.06. The van der Waals surface area contributed by atoms with Gasteiger partial charge in [-0.15, -0.1) is 0 Å². The van der Waals surface area contributed by atoms with Gasteiger partial charge in [-0.1, -0.05) is 42.5 Å². The number of para-hydroxylation sites is 1. The lowest BCUT2D eigenvalue weighted by molar-refractivity contribution is -0.142. The van der Waals surface area contributed by atoms with Crippen LogP contribution in [0.15, 0.2) is 54.6 Å². The Kier molecular flexibility index (Phi) is 5.68. The van der Waals surface area contributed by atoms with Gasteiger partial charge < -0.3 is 15.4 Å². The van der Waals surface area contributed by atoms with Crippen LogP contribution in [0.3, 0.4) is 0 Å². The van der Waals surface area contributed by atoms with Crippen LogP contribution >= 0.6 is 0 Å². The highest BCUT2D eigenvalue weighted by atomic mass is 19.1. The number of esters is 1. The van der Waals surface area contributed by atoms with Crippen LogP contribution in [0.2, 0.25) is 0 Å². The lowest BCUT2D eigenvalue weighted by Crippen LogP contribution is -2.45. The Morgan fingerprint density at radius 2 is 1.74 bits per heavy atom. The second-order valence-corrected chi connectivity index (χ2v) is 4.84. The molecule has 0 saturated heterocycles. The molecule has 23 heavy (non-hydrogen) atoms. The number of rotatable bonds is 5. The first-order chi connectivity index (χ1) is 11.1. The molecule has 2 rings (SSSR count). The molecule has 2 N–H and O–H groups in total. The molecular formula is C17H17FN2O3. The van der Waals surface area contributed by atoms with E-state index in [4.69, 9.17) is 4.74 Å². The number of anilines is 1. The van der Waals surface area contributed by atoms with Gasteiger partial charge in [-0.3, -0.25) is 0 Å². The van der Waals surface area contributed by atoms with Crippen LogP contribution in [0.4, 0.5) is 14.9 Å². The zero-order valence-electron chi connectivity index (χ0n) is 12.6. The predicted octanol–water partition coefficient (Wildman–Crippen LogP) is 2.73. The van der Waals surface area contributed by atoms with Crippen LogP contribution in [0.5, 0.6) is 0 Å². The molecule has 2 aromatic rings. The van der Waals surface area contributed by atoms with E-state index in [0.717, 1.165) is 5.56 Å². The first-order valence-corrected chi connectivity index (χ1v) is 7.04. The van der Waals surface area contributed by atoms with Gasteiger partial charge in [0.25, 0.3) is 0 Å². The molecule has 0 aliphatic rings. The van der Waals surface area contributed by atoms with E-state index in [9.17, 15) is 14.0 Å². The van der Waals surface area contributed by atoms with E-state index in [-0.39, 0.29) is 12.1 Å². The number of halogens is 1. The fourth-order valence-corrected chi connectivity index (χ4v) is 2.06. The van der Waals surface area contributed by atoms with Gasteiger partial charge in [-0.25, -0.2) is 14.0 Å². The standard InChI is InChI=1S/C17H17FN2O3/c1-23-16(21)15(11-12-7-3-2-4-8-12)20-17(22)19-14-10-6-5-9-13(14)18/h2-10,15H,11H2,1H3,(H2,19,20,22)/t15-/m0/s1. The van der Waals surface area contributed by atoms with E-state index in [2.05, 4.69) is 10.6 Å². The van der Waals surface area contributed by atoms with Crippen molar-refractivity contribution in [3.63, 3.8) is 0 Å². The number of carbonyl (C=O) groups is 2. The molecule has 5 nitrogen and oxygen atoms in total. The minimum atomic E-state index is -0.867. The van der Waals surface area contributed by atoms with Crippen LogP contribution < -0.4 is 10.6 Å². The van der Waals surface area contributed by atoms with Crippen molar-refractivity contribution in [2.24, 2.45) is 0 Å². The Morgan fingerprint density at radius 1 is 1.09 bits per heavy atom. The number of methoxy groups -OCH3 is 1. The van der Waals surface area contributed by atoms with Gasteiger partial charge in [0.1, 0.15) is 11.9 Å². The summed E-state index contributed by atoms with van der Waals surface area (Å²) >= 11 is 0. The molecule has 0 fully saturated rings. The molecule has 0 aromatic heterocycles. The molecule has 0 unspecified atom stereocenters. The SMILES string of the molecule is COC(=O)[C@H](Cc1ccccc1)NC(=O)Nc1ccccc1F. The normalized spacial score (nSPS) is 11.4. The molecule has 0 saturated carbocycles. The Morgan fingerprint density at radius 3 is 2.39 bits per heavy atom. The second kappa shape index (κ2) is 7.93. The summed E-state index contributed by atoms with van der Waals surface area (Å²) in [5, 5.41) is 4.87. The summed E-state index contributed by atoms with van der Waals surface area (Å²) in [7, 11) is 1.25. The number of nitrogens with one attached hydrogen (secondary N) is 2. The zero-order valence-corrected chi connectivity index (χ0v) is 12.6. The van der Waals surface area contributed by atoms with Gasteiger partial charge >= 0.3 is 12.0 Å². The highest BCUT2D eigenvalue weighted by Crippen LogP contribution is 2.12. The van der Waals surface area contributed by atoms with Crippen molar-refractivity contribution >= 4 is 17.7 Å².